The fraction of sp³-hybridized carbons (Fsp3) is 0.167. The minimum atomic E-state index is -3.41. The summed E-state index contributed by atoms with van der Waals surface area (Å²) in [6.45, 7) is -0.609. The molecule has 2 heterocycles. The lowest BCUT2D eigenvalue weighted by molar-refractivity contribution is -0.121. The van der Waals surface area contributed by atoms with Gasteiger partial charge in [-0.2, -0.15) is 0 Å². The van der Waals surface area contributed by atoms with Crippen LogP contribution in [0.15, 0.2) is 82.6 Å². The molecule has 1 amide bonds. The highest BCUT2D eigenvalue weighted by Gasteiger charge is 2.32. The number of benzene rings is 2. The summed E-state index contributed by atoms with van der Waals surface area (Å²) in [4.78, 5) is 26.6. The number of carbonyl (C=O) groups is 2. The van der Waals surface area contributed by atoms with Crippen LogP contribution < -0.4 is 9.64 Å². The summed E-state index contributed by atoms with van der Waals surface area (Å²) in [6.07, 6.45) is 1.43. The number of esters is 1. The number of para-hydroxylation sites is 1. The molecule has 0 fully saturated rings. The smallest absolute Gasteiger partial charge is 0.374 e. The molecule has 0 bridgehead atoms. The minimum Gasteiger partial charge on any atom is -0.486 e. The molecule has 3 aromatic rings. The van der Waals surface area contributed by atoms with Crippen molar-refractivity contribution in [3.05, 3.63) is 95.6 Å². The van der Waals surface area contributed by atoms with Gasteiger partial charge in [-0.1, -0.05) is 18.2 Å². The second-order valence-electron chi connectivity index (χ2n) is 7.41. The van der Waals surface area contributed by atoms with Gasteiger partial charge in [0.15, 0.2) is 16.4 Å². The predicted octanol–water partition coefficient (Wildman–Crippen LogP) is 3.50. The summed E-state index contributed by atoms with van der Waals surface area (Å²) in [5, 5.41) is 1.07. The molecule has 8 nitrogen and oxygen atoms in total. The Bertz CT molecular complexity index is 1300. The summed E-state index contributed by atoms with van der Waals surface area (Å²) >= 11 is 0. The van der Waals surface area contributed by atoms with Crippen LogP contribution >= 0.6 is 0 Å². The Kier molecular flexibility index (Phi) is 6.78. The molecule has 4 rings (SSSR count). The topological polar surface area (TPSA) is 103 Å². The third-order valence-corrected chi connectivity index (χ3v) is 6.31. The van der Waals surface area contributed by atoms with Crippen LogP contribution in [-0.2, 0) is 26.0 Å². The van der Waals surface area contributed by atoms with Crippen molar-refractivity contribution in [1.29, 1.82) is 0 Å². The highest BCUT2D eigenvalue weighted by atomic mass is 32.2. The number of carbonyl (C=O) groups excluding carboxylic acids is 2. The van der Waals surface area contributed by atoms with Crippen LogP contribution in [0.4, 0.5) is 10.1 Å². The molecule has 1 aromatic heterocycles. The number of nitrogens with zero attached hydrogens (tertiary/aromatic N) is 1. The molecule has 0 saturated heterocycles. The van der Waals surface area contributed by atoms with E-state index in [9.17, 15) is 22.4 Å². The molecule has 0 aliphatic carbocycles. The van der Waals surface area contributed by atoms with Crippen molar-refractivity contribution in [1.82, 2.24) is 0 Å². The largest absolute Gasteiger partial charge is 0.486 e. The van der Waals surface area contributed by atoms with Gasteiger partial charge in [-0.25, -0.2) is 17.6 Å². The first-order chi connectivity index (χ1) is 16.3. The molecule has 176 valence electrons. The Morgan fingerprint density at radius 2 is 1.76 bits per heavy atom. The molecule has 10 heteroatoms. The Balaban J connectivity index is 1.37. The molecule has 0 N–H and O–H groups in total. The summed E-state index contributed by atoms with van der Waals surface area (Å²) < 4.78 is 52.7. The van der Waals surface area contributed by atoms with Gasteiger partial charge in [0.05, 0.1) is 11.8 Å². The standard InChI is InChI=1S/C24H20FNO7S/c25-17-6-8-20(9-7-17)31-14-21-10-11-22(33-21)24(28)32-15-23(27)26(18-4-2-1-3-5-18)19-12-13-34(29,30)16-19/h1-13,19H,14-16H2/t19-/m0/s1. The third-order valence-electron chi connectivity index (χ3n) is 4.93. The lowest BCUT2D eigenvalue weighted by atomic mass is 10.2. The molecule has 0 spiro atoms. The van der Waals surface area contributed by atoms with E-state index in [-0.39, 0.29) is 23.9 Å². The van der Waals surface area contributed by atoms with Gasteiger partial charge in [0.1, 0.15) is 23.9 Å². The number of ether oxygens (including phenoxy) is 2. The zero-order valence-electron chi connectivity index (χ0n) is 17.8. The molecular formula is C24H20FNO7S. The Morgan fingerprint density at radius 3 is 2.44 bits per heavy atom. The van der Waals surface area contributed by atoms with Crippen LogP contribution in [0.2, 0.25) is 0 Å². The SMILES string of the molecule is O=C(OCC(=O)N(c1ccccc1)[C@H]1C=CS(=O)(=O)C1)c1ccc(COc2ccc(F)cc2)o1. The number of hydrogen-bond acceptors (Lipinski definition) is 7. The number of hydrogen-bond donors (Lipinski definition) is 0. The van der Waals surface area contributed by atoms with E-state index >= 15 is 0 Å². The Hall–Kier alpha value is -3.92. The van der Waals surface area contributed by atoms with Gasteiger partial charge < -0.3 is 18.8 Å². The lowest BCUT2D eigenvalue weighted by Gasteiger charge is -2.27. The van der Waals surface area contributed by atoms with E-state index in [1.807, 2.05) is 0 Å². The fourth-order valence-electron chi connectivity index (χ4n) is 3.35. The van der Waals surface area contributed by atoms with Crippen LogP contribution in [0.3, 0.4) is 0 Å². The van der Waals surface area contributed by atoms with Crippen LogP contribution in [0.1, 0.15) is 16.3 Å². The van der Waals surface area contributed by atoms with Gasteiger partial charge in [0.2, 0.25) is 5.76 Å². The Labute approximate surface area is 195 Å². The van der Waals surface area contributed by atoms with Crippen molar-refractivity contribution < 1.29 is 36.3 Å². The number of amides is 1. The zero-order chi connectivity index (χ0) is 24.1. The molecule has 0 saturated carbocycles. The first kappa shape index (κ1) is 23.2. The number of sulfone groups is 1. The predicted molar refractivity (Wildman–Crippen MR) is 120 cm³/mol. The molecule has 0 unspecified atom stereocenters. The van der Waals surface area contributed by atoms with Gasteiger partial charge >= 0.3 is 5.97 Å². The van der Waals surface area contributed by atoms with Crippen molar-refractivity contribution in [2.24, 2.45) is 0 Å². The average molecular weight is 485 g/mol. The monoisotopic (exact) mass is 485 g/mol. The highest BCUT2D eigenvalue weighted by Crippen LogP contribution is 2.23. The first-order valence-electron chi connectivity index (χ1n) is 10.2. The molecule has 1 aliphatic heterocycles. The minimum absolute atomic E-state index is 0.00210. The first-order valence-corrected chi connectivity index (χ1v) is 11.9. The number of rotatable bonds is 8. The van der Waals surface area contributed by atoms with Gasteiger partial charge in [0.25, 0.3) is 5.91 Å². The van der Waals surface area contributed by atoms with E-state index in [1.165, 1.54) is 47.4 Å². The van der Waals surface area contributed by atoms with Crippen LogP contribution in [-0.4, -0.2) is 38.7 Å². The highest BCUT2D eigenvalue weighted by molar-refractivity contribution is 7.94. The van der Waals surface area contributed by atoms with Gasteiger partial charge in [-0.05, 0) is 54.6 Å². The fourth-order valence-corrected chi connectivity index (χ4v) is 4.62. The van der Waals surface area contributed by atoms with Gasteiger partial charge in [-0.3, -0.25) is 4.79 Å². The van der Waals surface area contributed by atoms with Crippen molar-refractivity contribution in [3.63, 3.8) is 0 Å². The summed E-state index contributed by atoms with van der Waals surface area (Å²) in [5.41, 5.74) is 0.480. The van der Waals surface area contributed by atoms with Gasteiger partial charge in [0, 0.05) is 11.1 Å². The maximum atomic E-state index is 13.0. The van der Waals surface area contributed by atoms with Crippen molar-refractivity contribution in [2.75, 3.05) is 17.3 Å². The van der Waals surface area contributed by atoms with Gasteiger partial charge in [-0.15, -0.1) is 0 Å². The Morgan fingerprint density at radius 1 is 1.03 bits per heavy atom. The lowest BCUT2D eigenvalue weighted by Crippen LogP contribution is -2.43. The van der Waals surface area contributed by atoms with E-state index in [4.69, 9.17) is 13.9 Å². The molecule has 2 aromatic carbocycles. The maximum absolute atomic E-state index is 13.0. The number of furan rings is 1. The van der Waals surface area contributed by atoms with E-state index < -0.39 is 34.4 Å². The molecular weight excluding hydrogens is 465 g/mol. The van der Waals surface area contributed by atoms with Crippen molar-refractivity contribution >= 4 is 27.4 Å². The summed E-state index contributed by atoms with van der Waals surface area (Å²) in [6, 6.07) is 16.2. The maximum Gasteiger partial charge on any atom is 0.374 e. The van der Waals surface area contributed by atoms with Crippen LogP contribution in [0, 0.1) is 5.82 Å². The van der Waals surface area contributed by atoms with E-state index in [2.05, 4.69) is 0 Å². The second-order valence-corrected chi connectivity index (χ2v) is 9.34. The normalized spacial score (nSPS) is 16.2. The van der Waals surface area contributed by atoms with Crippen LogP contribution in [0.5, 0.6) is 5.75 Å². The second kappa shape index (κ2) is 9.92. The molecule has 1 atom stereocenters. The molecule has 0 radical (unpaired) electrons. The van der Waals surface area contributed by atoms with Crippen molar-refractivity contribution in [3.8, 4) is 5.75 Å². The number of halogens is 1. The molecule has 34 heavy (non-hydrogen) atoms. The third kappa shape index (κ3) is 5.70. The average Bonchev–Trinajstić information content (AvgIpc) is 3.44. The number of anilines is 1. The quantitative estimate of drug-likeness (QED) is 0.450. The molecule has 1 aliphatic rings. The summed E-state index contributed by atoms with van der Waals surface area (Å²) in [7, 11) is -3.41. The van der Waals surface area contributed by atoms with E-state index in [0.717, 1.165) is 5.41 Å². The zero-order valence-corrected chi connectivity index (χ0v) is 18.6. The van der Waals surface area contributed by atoms with E-state index in [1.54, 1.807) is 30.3 Å². The van der Waals surface area contributed by atoms with Crippen molar-refractivity contribution in [2.45, 2.75) is 12.6 Å². The van der Waals surface area contributed by atoms with E-state index in [0.29, 0.717) is 17.2 Å². The van der Waals surface area contributed by atoms with Crippen LogP contribution in [0.25, 0.3) is 0 Å². The summed E-state index contributed by atoms with van der Waals surface area (Å²) in [5.74, 6) is -1.45.